The highest BCUT2D eigenvalue weighted by molar-refractivity contribution is 5.83. The number of hydrogen-bond acceptors (Lipinski definition) is 3. The monoisotopic (exact) mass is 178 g/mol. The second kappa shape index (κ2) is 2.83. The van der Waals surface area contributed by atoms with Crippen LogP contribution in [0.5, 0.6) is 0 Å². The molecule has 68 valence electrons. The molecule has 0 aliphatic carbocycles. The number of aryl methyl sites for hydroxylation is 1. The second-order valence-electron chi connectivity index (χ2n) is 2.97. The van der Waals surface area contributed by atoms with Crippen LogP contribution >= 0.6 is 0 Å². The van der Waals surface area contributed by atoms with Crippen molar-refractivity contribution in [1.82, 2.24) is 9.97 Å². The minimum atomic E-state index is -1.45. The van der Waals surface area contributed by atoms with Crippen molar-refractivity contribution in [3.63, 3.8) is 0 Å². The largest absolute Gasteiger partial charge is 0.364 e. The highest BCUT2D eigenvalue weighted by Crippen LogP contribution is 2.23. The molecule has 0 saturated heterocycles. The number of nitrogens with one attached hydrogen (secondary N) is 1. The van der Waals surface area contributed by atoms with E-state index < -0.39 is 6.29 Å². The van der Waals surface area contributed by atoms with Gasteiger partial charge in [-0.15, -0.1) is 0 Å². The summed E-state index contributed by atoms with van der Waals surface area (Å²) in [5.41, 5.74) is 2.14. The molecular formula is C9H10N2O2. The molecule has 2 aromatic heterocycles. The van der Waals surface area contributed by atoms with Crippen LogP contribution in [-0.4, -0.2) is 20.2 Å². The zero-order valence-electron chi connectivity index (χ0n) is 7.15. The van der Waals surface area contributed by atoms with Crippen molar-refractivity contribution in [2.75, 3.05) is 0 Å². The van der Waals surface area contributed by atoms with E-state index in [4.69, 9.17) is 10.2 Å². The molecule has 0 unspecified atom stereocenters. The summed E-state index contributed by atoms with van der Waals surface area (Å²) in [6, 6.07) is 1.84. The molecule has 0 radical (unpaired) electrons. The molecule has 0 aliphatic heterocycles. The van der Waals surface area contributed by atoms with E-state index in [1.165, 1.54) is 0 Å². The Morgan fingerprint density at radius 1 is 1.46 bits per heavy atom. The summed E-state index contributed by atoms with van der Waals surface area (Å²) < 4.78 is 0. The standard InChI is InChI=1S/C9H10N2O2/c1-5-2-3-10-8-7(5)6(4-11-8)9(12)13/h2-4,9,12-13H,1H3,(H,10,11). The lowest BCUT2D eigenvalue weighted by Gasteiger charge is -2.02. The minimum absolute atomic E-state index is 0.473. The fourth-order valence-electron chi connectivity index (χ4n) is 1.45. The van der Waals surface area contributed by atoms with E-state index in [-0.39, 0.29) is 0 Å². The molecule has 2 aromatic rings. The van der Waals surface area contributed by atoms with Crippen molar-refractivity contribution in [3.8, 4) is 0 Å². The highest BCUT2D eigenvalue weighted by atomic mass is 16.5. The molecule has 0 bridgehead atoms. The second-order valence-corrected chi connectivity index (χ2v) is 2.97. The van der Waals surface area contributed by atoms with Crippen LogP contribution in [0.3, 0.4) is 0 Å². The molecule has 0 saturated carbocycles. The Morgan fingerprint density at radius 2 is 2.23 bits per heavy atom. The van der Waals surface area contributed by atoms with Crippen molar-refractivity contribution in [1.29, 1.82) is 0 Å². The molecule has 2 heterocycles. The number of pyridine rings is 1. The summed E-state index contributed by atoms with van der Waals surface area (Å²) in [4.78, 5) is 6.95. The van der Waals surface area contributed by atoms with Crippen LogP contribution in [0.25, 0.3) is 11.0 Å². The van der Waals surface area contributed by atoms with E-state index in [0.717, 1.165) is 10.9 Å². The van der Waals surface area contributed by atoms with E-state index in [0.29, 0.717) is 11.2 Å². The van der Waals surface area contributed by atoms with Crippen molar-refractivity contribution < 1.29 is 10.2 Å². The zero-order valence-corrected chi connectivity index (χ0v) is 7.15. The lowest BCUT2D eigenvalue weighted by Crippen LogP contribution is -1.93. The van der Waals surface area contributed by atoms with Crippen molar-refractivity contribution in [2.24, 2.45) is 0 Å². The first-order valence-electron chi connectivity index (χ1n) is 3.99. The van der Waals surface area contributed by atoms with Gasteiger partial charge in [-0.05, 0) is 18.6 Å². The Morgan fingerprint density at radius 3 is 2.92 bits per heavy atom. The summed E-state index contributed by atoms with van der Waals surface area (Å²) in [5.74, 6) is 0. The summed E-state index contributed by atoms with van der Waals surface area (Å²) >= 11 is 0. The summed E-state index contributed by atoms with van der Waals surface area (Å²) in [5, 5.41) is 18.9. The number of aliphatic hydroxyl groups excluding tert-OH is 1. The van der Waals surface area contributed by atoms with Crippen LogP contribution in [0.2, 0.25) is 0 Å². The maximum atomic E-state index is 9.04. The molecule has 3 N–H and O–H groups in total. The van der Waals surface area contributed by atoms with Crippen molar-refractivity contribution in [2.45, 2.75) is 13.2 Å². The van der Waals surface area contributed by atoms with E-state index >= 15 is 0 Å². The van der Waals surface area contributed by atoms with Crippen LogP contribution < -0.4 is 0 Å². The molecule has 4 nitrogen and oxygen atoms in total. The van der Waals surface area contributed by atoms with Crippen LogP contribution in [0, 0.1) is 6.92 Å². The van der Waals surface area contributed by atoms with Gasteiger partial charge in [0.05, 0.1) is 0 Å². The van der Waals surface area contributed by atoms with Gasteiger partial charge in [-0.2, -0.15) is 0 Å². The lowest BCUT2D eigenvalue weighted by atomic mass is 10.1. The molecule has 0 amide bonds. The molecule has 2 rings (SSSR count). The maximum absolute atomic E-state index is 9.04. The van der Waals surface area contributed by atoms with E-state index in [1.807, 2.05) is 13.0 Å². The number of H-pyrrole nitrogens is 1. The van der Waals surface area contributed by atoms with Gasteiger partial charge in [0, 0.05) is 23.3 Å². The Labute approximate surface area is 74.9 Å². The van der Waals surface area contributed by atoms with Crippen molar-refractivity contribution >= 4 is 11.0 Å². The first kappa shape index (κ1) is 8.22. The van der Waals surface area contributed by atoms with Gasteiger partial charge in [0.25, 0.3) is 0 Å². The average molecular weight is 178 g/mol. The first-order valence-corrected chi connectivity index (χ1v) is 3.99. The Balaban J connectivity index is 2.79. The fourth-order valence-corrected chi connectivity index (χ4v) is 1.45. The number of rotatable bonds is 1. The predicted molar refractivity (Wildman–Crippen MR) is 48.0 cm³/mol. The molecule has 0 aliphatic rings. The quantitative estimate of drug-likeness (QED) is 0.567. The Bertz CT molecular complexity index is 434. The topological polar surface area (TPSA) is 69.1 Å². The summed E-state index contributed by atoms with van der Waals surface area (Å²) in [6.07, 6.45) is 1.80. The SMILES string of the molecule is Cc1ccnc2[nH]cc(C(O)O)c12. The summed E-state index contributed by atoms with van der Waals surface area (Å²) in [6.45, 7) is 1.91. The molecule has 4 heteroatoms. The van der Waals surface area contributed by atoms with Crippen molar-refractivity contribution in [3.05, 3.63) is 29.6 Å². The third-order valence-corrected chi connectivity index (χ3v) is 2.09. The number of hydrogen-bond donors (Lipinski definition) is 3. The number of fused-ring (bicyclic) bond motifs is 1. The Hall–Kier alpha value is -1.39. The molecule has 0 atom stereocenters. The zero-order chi connectivity index (χ0) is 9.42. The van der Waals surface area contributed by atoms with E-state index in [9.17, 15) is 0 Å². The van der Waals surface area contributed by atoms with Gasteiger partial charge in [-0.25, -0.2) is 4.98 Å². The van der Waals surface area contributed by atoms with Crippen LogP contribution in [0.1, 0.15) is 17.4 Å². The Kier molecular flexibility index (Phi) is 1.79. The predicted octanol–water partition coefficient (Wildman–Crippen LogP) is 0.855. The maximum Gasteiger partial charge on any atom is 0.180 e. The smallest absolute Gasteiger partial charge is 0.180 e. The van der Waals surface area contributed by atoms with Gasteiger partial charge in [0.1, 0.15) is 5.65 Å². The number of aliphatic hydroxyl groups is 2. The van der Waals surface area contributed by atoms with Gasteiger partial charge < -0.3 is 15.2 Å². The number of nitrogens with zero attached hydrogens (tertiary/aromatic N) is 1. The number of aromatic nitrogens is 2. The van der Waals surface area contributed by atoms with Gasteiger partial charge in [-0.3, -0.25) is 0 Å². The highest BCUT2D eigenvalue weighted by Gasteiger charge is 2.11. The van der Waals surface area contributed by atoms with Gasteiger partial charge in [0.2, 0.25) is 0 Å². The molecule has 0 aromatic carbocycles. The van der Waals surface area contributed by atoms with Crippen LogP contribution in [0.15, 0.2) is 18.5 Å². The first-order chi connectivity index (χ1) is 6.20. The van der Waals surface area contributed by atoms with Crippen LogP contribution in [-0.2, 0) is 0 Å². The lowest BCUT2D eigenvalue weighted by molar-refractivity contribution is -0.0413. The van der Waals surface area contributed by atoms with Gasteiger partial charge in [-0.1, -0.05) is 0 Å². The van der Waals surface area contributed by atoms with Gasteiger partial charge >= 0.3 is 0 Å². The minimum Gasteiger partial charge on any atom is -0.364 e. The molecular weight excluding hydrogens is 168 g/mol. The average Bonchev–Trinajstić information content (AvgIpc) is 2.49. The molecule has 13 heavy (non-hydrogen) atoms. The van der Waals surface area contributed by atoms with Crippen LogP contribution in [0.4, 0.5) is 0 Å². The third kappa shape index (κ3) is 1.20. The van der Waals surface area contributed by atoms with Gasteiger partial charge in [0.15, 0.2) is 6.29 Å². The van der Waals surface area contributed by atoms with E-state index in [2.05, 4.69) is 9.97 Å². The fraction of sp³-hybridized carbons (Fsp3) is 0.222. The molecule has 0 spiro atoms. The summed E-state index contributed by atoms with van der Waals surface area (Å²) in [7, 11) is 0. The third-order valence-electron chi connectivity index (χ3n) is 2.09. The number of aromatic amines is 1. The normalized spacial score (nSPS) is 11.4. The molecule has 0 fully saturated rings. The van der Waals surface area contributed by atoms with E-state index in [1.54, 1.807) is 12.4 Å².